The minimum atomic E-state index is 0.348. The van der Waals surface area contributed by atoms with Crippen LogP contribution in [0.4, 0.5) is 0 Å². The maximum absolute atomic E-state index is 5.93. The van der Waals surface area contributed by atoms with Gasteiger partial charge in [0, 0.05) is 6.54 Å². The molecular weight excluding hydrogens is 186 g/mol. The number of rotatable bonds is 2. The molecule has 1 saturated heterocycles. The maximum Gasteiger partial charge on any atom is 0.120 e. The number of nitrogens with one attached hydrogen (secondary N) is 1. The van der Waals surface area contributed by atoms with Gasteiger partial charge in [-0.25, -0.2) is 0 Å². The molecule has 2 rings (SSSR count). The van der Waals surface area contributed by atoms with E-state index in [1.807, 2.05) is 0 Å². The molecule has 82 valence electrons. The van der Waals surface area contributed by atoms with E-state index in [0.717, 1.165) is 18.8 Å². The Morgan fingerprint density at radius 1 is 1.27 bits per heavy atom. The molecule has 0 spiro atoms. The van der Waals surface area contributed by atoms with Gasteiger partial charge in [0.15, 0.2) is 0 Å². The van der Waals surface area contributed by atoms with Crippen molar-refractivity contribution in [1.29, 1.82) is 0 Å². The lowest BCUT2D eigenvalue weighted by Gasteiger charge is -2.24. The fourth-order valence-electron chi connectivity index (χ4n) is 1.90. The van der Waals surface area contributed by atoms with E-state index in [1.165, 1.54) is 24.0 Å². The van der Waals surface area contributed by atoms with Gasteiger partial charge in [-0.05, 0) is 56.5 Å². The highest BCUT2D eigenvalue weighted by Gasteiger charge is 2.14. The first-order valence-electron chi connectivity index (χ1n) is 5.70. The SMILES string of the molecule is Cc1ccc(O[C@H]2CCCNC2)cc1C. The van der Waals surface area contributed by atoms with Crippen LogP contribution in [0, 0.1) is 13.8 Å². The molecular formula is C13H19NO. The monoisotopic (exact) mass is 205 g/mol. The summed E-state index contributed by atoms with van der Waals surface area (Å²) in [6.45, 7) is 6.36. The molecule has 2 nitrogen and oxygen atoms in total. The van der Waals surface area contributed by atoms with Crippen LogP contribution >= 0.6 is 0 Å². The number of ether oxygens (including phenoxy) is 1. The third kappa shape index (κ3) is 2.72. The Bertz CT molecular complexity index is 329. The second-order valence-electron chi connectivity index (χ2n) is 4.33. The van der Waals surface area contributed by atoms with Gasteiger partial charge in [-0.3, -0.25) is 0 Å². The zero-order valence-electron chi connectivity index (χ0n) is 9.55. The number of hydrogen-bond acceptors (Lipinski definition) is 2. The van der Waals surface area contributed by atoms with Gasteiger partial charge in [-0.15, -0.1) is 0 Å². The molecule has 0 bridgehead atoms. The van der Waals surface area contributed by atoms with Crippen molar-refractivity contribution in [2.24, 2.45) is 0 Å². The molecule has 1 heterocycles. The molecule has 1 fully saturated rings. The van der Waals surface area contributed by atoms with Crippen molar-refractivity contribution >= 4 is 0 Å². The van der Waals surface area contributed by atoms with E-state index in [2.05, 4.69) is 37.4 Å². The van der Waals surface area contributed by atoms with Gasteiger partial charge < -0.3 is 10.1 Å². The van der Waals surface area contributed by atoms with E-state index in [0.29, 0.717) is 6.10 Å². The van der Waals surface area contributed by atoms with Crippen LogP contribution in [0.2, 0.25) is 0 Å². The summed E-state index contributed by atoms with van der Waals surface area (Å²) in [6, 6.07) is 6.32. The van der Waals surface area contributed by atoms with Gasteiger partial charge in [-0.1, -0.05) is 6.07 Å². The van der Waals surface area contributed by atoms with Crippen LogP contribution < -0.4 is 10.1 Å². The van der Waals surface area contributed by atoms with Crippen molar-refractivity contribution in [3.8, 4) is 5.75 Å². The molecule has 0 amide bonds. The first-order valence-corrected chi connectivity index (χ1v) is 5.70. The molecule has 0 aliphatic carbocycles. The maximum atomic E-state index is 5.93. The minimum Gasteiger partial charge on any atom is -0.489 e. The smallest absolute Gasteiger partial charge is 0.120 e. The Labute approximate surface area is 91.6 Å². The molecule has 0 radical (unpaired) electrons. The summed E-state index contributed by atoms with van der Waals surface area (Å²) in [5.74, 6) is 1.01. The van der Waals surface area contributed by atoms with Crippen molar-refractivity contribution in [2.75, 3.05) is 13.1 Å². The molecule has 1 aromatic carbocycles. The highest BCUT2D eigenvalue weighted by molar-refractivity contribution is 5.33. The normalized spacial score (nSPS) is 21.3. The van der Waals surface area contributed by atoms with Crippen molar-refractivity contribution in [2.45, 2.75) is 32.8 Å². The Kier molecular flexibility index (Phi) is 3.27. The lowest BCUT2D eigenvalue weighted by Crippen LogP contribution is -2.37. The van der Waals surface area contributed by atoms with Gasteiger partial charge >= 0.3 is 0 Å². The number of hydrogen-bond donors (Lipinski definition) is 1. The third-order valence-corrected chi connectivity index (χ3v) is 3.03. The topological polar surface area (TPSA) is 21.3 Å². The Balaban J connectivity index is 2.00. The van der Waals surface area contributed by atoms with E-state index in [4.69, 9.17) is 4.74 Å². The van der Waals surface area contributed by atoms with Crippen LogP contribution in [0.3, 0.4) is 0 Å². The zero-order valence-corrected chi connectivity index (χ0v) is 9.55. The van der Waals surface area contributed by atoms with Crippen LogP contribution in [-0.2, 0) is 0 Å². The van der Waals surface area contributed by atoms with E-state index >= 15 is 0 Å². The molecule has 1 aliphatic heterocycles. The second-order valence-corrected chi connectivity index (χ2v) is 4.33. The summed E-state index contributed by atoms with van der Waals surface area (Å²) in [7, 11) is 0. The first kappa shape index (κ1) is 10.5. The summed E-state index contributed by atoms with van der Waals surface area (Å²) in [6.07, 6.45) is 2.73. The van der Waals surface area contributed by atoms with E-state index < -0.39 is 0 Å². The van der Waals surface area contributed by atoms with Crippen molar-refractivity contribution < 1.29 is 4.74 Å². The lowest BCUT2D eigenvalue weighted by atomic mass is 10.1. The quantitative estimate of drug-likeness (QED) is 0.800. The van der Waals surface area contributed by atoms with Gasteiger partial charge in [0.2, 0.25) is 0 Å². The molecule has 0 unspecified atom stereocenters. The van der Waals surface area contributed by atoms with Crippen LogP contribution in [-0.4, -0.2) is 19.2 Å². The molecule has 1 N–H and O–H groups in total. The van der Waals surface area contributed by atoms with Crippen molar-refractivity contribution in [1.82, 2.24) is 5.32 Å². The Morgan fingerprint density at radius 3 is 2.80 bits per heavy atom. The first-order chi connectivity index (χ1) is 7.25. The number of piperidine rings is 1. The highest BCUT2D eigenvalue weighted by Crippen LogP contribution is 2.19. The van der Waals surface area contributed by atoms with Crippen LogP contribution in [0.1, 0.15) is 24.0 Å². The summed E-state index contributed by atoms with van der Waals surface area (Å²) < 4.78 is 5.93. The Morgan fingerprint density at radius 2 is 2.13 bits per heavy atom. The van der Waals surface area contributed by atoms with E-state index in [9.17, 15) is 0 Å². The van der Waals surface area contributed by atoms with Gasteiger partial charge in [0.1, 0.15) is 11.9 Å². The van der Waals surface area contributed by atoms with Crippen LogP contribution in [0.15, 0.2) is 18.2 Å². The molecule has 1 aliphatic rings. The van der Waals surface area contributed by atoms with E-state index in [-0.39, 0.29) is 0 Å². The largest absolute Gasteiger partial charge is 0.489 e. The molecule has 0 saturated carbocycles. The predicted octanol–water partition coefficient (Wildman–Crippen LogP) is 2.43. The number of aryl methyl sites for hydroxylation is 2. The highest BCUT2D eigenvalue weighted by atomic mass is 16.5. The third-order valence-electron chi connectivity index (χ3n) is 3.03. The summed E-state index contributed by atoms with van der Waals surface area (Å²) in [5, 5.41) is 3.36. The lowest BCUT2D eigenvalue weighted by molar-refractivity contribution is 0.167. The summed E-state index contributed by atoms with van der Waals surface area (Å²) in [5.41, 5.74) is 2.63. The molecule has 15 heavy (non-hydrogen) atoms. The average Bonchev–Trinajstić information content (AvgIpc) is 2.25. The summed E-state index contributed by atoms with van der Waals surface area (Å²) in [4.78, 5) is 0. The zero-order chi connectivity index (χ0) is 10.7. The minimum absolute atomic E-state index is 0.348. The van der Waals surface area contributed by atoms with Gasteiger partial charge in [-0.2, -0.15) is 0 Å². The van der Waals surface area contributed by atoms with Crippen LogP contribution in [0.25, 0.3) is 0 Å². The standard InChI is InChI=1S/C13H19NO/c1-10-5-6-12(8-11(10)2)15-13-4-3-7-14-9-13/h5-6,8,13-14H,3-4,7,9H2,1-2H3/t13-/m0/s1. The fraction of sp³-hybridized carbons (Fsp3) is 0.538. The van der Waals surface area contributed by atoms with E-state index in [1.54, 1.807) is 0 Å². The van der Waals surface area contributed by atoms with Gasteiger partial charge in [0.05, 0.1) is 0 Å². The second kappa shape index (κ2) is 4.67. The van der Waals surface area contributed by atoms with Crippen molar-refractivity contribution in [3.05, 3.63) is 29.3 Å². The van der Waals surface area contributed by atoms with Crippen molar-refractivity contribution in [3.63, 3.8) is 0 Å². The number of benzene rings is 1. The predicted molar refractivity (Wildman–Crippen MR) is 62.4 cm³/mol. The Hall–Kier alpha value is -1.02. The summed E-state index contributed by atoms with van der Waals surface area (Å²) >= 11 is 0. The molecule has 1 aromatic rings. The molecule has 1 atom stereocenters. The molecule has 2 heteroatoms. The average molecular weight is 205 g/mol. The van der Waals surface area contributed by atoms with Crippen LogP contribution in [0.5, 0.6) is 5.75 Å². The fourth-order valence-corrected chi connectivity index (χ4v) is 1.90. The van der Waals surface area contributed by atoms with Gasteiger partial charge in [0.25, 0.3) is 0 Å². The molecule has 0 aromatic heterocycles.